The maximum absolute atomic E-state index is 10.8. The molecule has 74 valence electrons. The molecule has 0 aromatic carbocycles. The molecule has 2 fully saturated rings. The van der Waals surface area contributed by atoms with Gasteiger partial charge < -0.3 is 4.90 Å². The Morgan fingerprint density at radius 2 is 2.31 bits per heavy atom. The zero-order valence-corrected chi connectivity index (χ0v) is 8.03. The predicted molar refractivity (Wildman–Crippen MR) is 47.9 cm³/mol. The third-order valence-corrected chi connectivity index (χ3v) is 3.29. The van der Waals surface area contributed by atoms with Crippen LogP contribution < -0.4 is 0 Å². The molecule has 0 saturated carbocycles. The van der Waals surface area contributed by atoms with Crippen LogP contribution in [-0.2, 0) is 9.63 Å². The van der Waals surface area contributed by atoms with Crippen molar-refractivity contribution in [3.63, 3.8) is 0 Å². The van der Waals surface area contributed by atoms with E-state index in [0.29, 0.717) is 0 Å². The number of amides is 1. The monoisotopic (exact) mass is 184 g/mol. The number of hydrogen-bond acceptors (Lipinski definition) is 3. The molecule has 4 heteroatoms. The van der Waals surface area contributed by atoms with Crippen LogP contribution in [-0.4, -0.2) is 48.7 Å². The molecule has 0 aromatic heterocycles. The van der Waals surface area contributed by atoms with Gasteiger partial charge in [-0.1, -0.05) is 0 Å². The van der Waals surface area contributed by atoms with E-state index in [1.54, 1.807) is 7.11 Å². The van der Waals surface area contributed by atoms with Gasteiger partial charge in [0.25, 0.3) is 0 Å². The summed E-state index contributed by atoms with van der Waals surface area (Å²) in [4.78, 5) is 18.3. The maximum Gasteiger partial charge on any atom is 0.233 e. The normalized spacial score (nSPS) is 37.5. The largest absolute Gasteiger partial charge is 0.301 e. The molecular weight excluding hydrogens is 168 g/mol. The first kappa shape index (κ1) is 8.97. The lowest BCUT2D eigenvalue weighted by molar-refractivity contribution is -0.197. The molecule has 0 N–H and O–H groups in total. The Hall–Kier alpha value is -0.610. The highest BCUT2D eigenvalue weighted by molar-refractivity contribution is 5.47. The molecule has 0 aromatic rings. The van der Waals surface area contributed by atoms with Gasteiger partial charge in [0.2, 0.25) is 6.41 Å². The van der Waals surface area contributed by atoms with Gasteiger partial charge in [-0.2, -0.15) is 0 Å². The molecular formula is C9H16N2O2. The summed E-state index contributed by atoms with van der Waals surface area (Å²) in [5.41, 5.74) is -0.0191. The predicted octanol–water partition coefficient (Wildman–Crippen LogP) is 0.244. The van der Waals surface area contributed by atoms with E-state index in [1.807, 2.05) is 0 Å². The molecule has 2 bridgehead atoms. The van der Waals surface area contributed by atoms with E-state index >= 15 is 0 Å². The summed E-state index contributed by atoms with van der Waals surface area (Å²) in [6, 6.07) is 0. The summed E-state index contributed by atoms with van der Waals surface area (Å²) in [5, 5.41) is 1.51. The van der Waals surface area contributed by atoms with Gasteiger partial charge in [0.1, 0.15) is 0 Å². The third-order valence-electron chi connectivity index (χ3n) is 3.29. The van der Waals surface area contributed by atoms with Gasteiger partial charge in [-0.15, -0.1) is 0 Å². The molecule has 4 nitrogen and oxygen atoms in total. The van der Waals surface area contributed by atoms with Crippen molar-refractivity contribution in [3.8, 4) is 0 Å². The average Bonchev–Trinajstić information content (AvgIpc) is 2.45. The van der Waals surface area contributed by atoms with E-state index < -0.39 is 0 Å². The van der Waals surface area contributed by atoms with Crippen molar-refractivity contribution in [3.05, 3.63) is 0 Å². The lowest BCUT2D eigenvalue weighted by atomic mass is 9.90. The molecule has 2 aliphatic heterocycles. The molecule has 1 amide bonds. The number of hydroxylamine groups is 2. The van der Waals surface area contributed by atoms with E-state index in [-0.39, 0.29) is 5.54 Å². The van der Waals surface area contributed by atoms with Crippen LogP contribution in [0.25, 0.3) is 0 Å². The number of carbonyl (C=O) groups excluding carboxylic acids is 1. The standard InChI is InChI=1S/C9H16N2O2/c1-13-11(8-12)9-3-2-5-10(7-9)6-4-9/h8H,2-7H2,1H3. The molecule has 2 aliphatic rings. The minimum absolute atomic E-state index is 0.0191. The summed E-state index contributed by atoms with van der Waals surface area (Å²) in [7, 11) is 1.57. The second-order valence-corrected chi connectivity index (χ2v) is 3.97. The van der Waals surface area contributed by atoms with Gasteiger partial charge in [-0.3, -0.25) is 9.63 Å². The number of rotatable bonds is 3. The van der Waals surface area contributed by atoms with Gasteiger partial charge in [-0.25, -0.2) is 5.06 Å². The Labute approximate surface area is 78.4 Å². The summed E-state index contributed by atoms with van der Waals surface area (Å²) < 4.78 is 0. The number of hydrogen-bond donors (Lipinski definition) is 0. The third kappa shape index (κ3) is 1.34. The van der Waals surface area contributed by atoms with Gasteiger partial charge in [0.15, 0.2) is 0 Å². The Morgan fingerprint density at radius 3 is 3.00 bits per heavy atom. The van der Waals surface area contributed by atoms with E-state index in [1.165, 1.54) is 18.0 Å². The average molecular weight is 184 g/mol. The molecule has 0 radical (unpaired) electrons. The number of piperidine rings is 1. The van der Waals surface area contributed by atoms with Crippen LogP contribution in [0.2, 0.25) is 0 Å². The van der Waals surface area contributed by atoms with Crippen LogP contribution in [0.4, 0.5) is 0 Å². The fourth-order valence-electron chi connectivity index (χ4n) is 2.61. The van der Waals surface area contributed by atoms with Crippen LogP contribution in [0.3, 0.4) is 0 Å². The SMILES string of the molecule is CON(C=O)C12CCCN(CC1)C2. The molecule has 0 aliphatic carbocycles. The summed E-state index contributed by atoms with van der Waals surface area (Å²) in [5.74, 6) is 0. The molecule has 13 heavy (non-hydrogen) atoms. The summed E-state index contributed by atoms with van der Waals surface area (Å²) >= 11 is 0. The van der Waals surface area contributed by atoms with Gasteiger partial charge in [0, 0.05) is 13.1 Å². The van der Waals surface area contributed by atoms with Gasteiger partial charge in [0.05, 0.1) is 12.6 Å². The lowest BCUT2D eigenvalue weighted by Gasteiger charge is -2.39. The molecule has 2 atom stereocenters. The zero-order chi connectivity index (χ0) is 9.31. The molecule has 2 saturated heterocycles. The minimum Gasteiger partial charge on any atom is -0.301 e. The number of fused-ring (bicyclic) bond motifs is 2. The zero-order valence-electron chi connectivity index (χ0n) is 8.03. The first-order valence-corrected chi connectivity index (χ1v) is 4.82. The topological polar surface area (TPSA) is 32.8 Å². The van der Waals surface area contributed by atoms with Crippen LogP contribution in [0, 0.1) is 0 Å². The Kier molecular flexibility index (Phi) is 2.26. The quantitative estimate of drug-likeness (QED) is 0.465. The maximum atomic E-state index is 10.8. The van der Waals surface area contributed by atoms with Crippen molar-refractivity contribution >= 4 is 6.41 Å². The van der Waals surface area contributed by atoms with Crippen LogP contribution in [0.1, 0.15) is 19.3 Å². The lowest BCUT2D eigenvalue weighted by Crippen LogP contribution is -2.51. The van der Waals surface area contributed by atoms with Crippen molar-refractivity contribution in [2.24, 2.45) is 0 Å². The Bertz CT molecular complexity index is 206. The second-order valence-electron chi connectivity index (χ2n) is 3.97. The van der Waals surface area contributed by atoms with Crippen LogP contribution >= 0.6 is 0 Å². The van der Waals surface area contributed by atoms with Gasteiger partial charge >= 0.3 is 0 Å². The van der Waals surface area contributed by atoms with Crippen molar-refractivity contribution in [1.82, 2.24) is 9.96 Å². The van der Waals surface area contributed by atoms with Gasteiger partial charge in [-0.05, 0) is 25.8 Å². The molecule has 2 unspecified atom stereocenters. The fourth-order valence-corrected chi connectivity index (χ4v) is 2.61. The van der Waals surface area contributed by atoms with Crippen molar-refractivity contribution in [2.75, 3.05) is 26.7 Å². The van der Waals surface area contributed by atoms with Crippen molar-refractivity contribution in [1.29, 1.82) is 0 Å². The van der Waals surface area contributed by atoms with Crippen molar-refractivity contribution < 1.29 is 9.63 Å². The van der Waals surface area contributed by atoms with Crippen LogP contribution in [0.15, 0.2) is 0 Å². The Morgan fingerprint density at radius 1 is 1.46 bits per heavy atom. The minimum atomic E-state index is -0.0191. The molecule has 2 heterocycles. The van der Waals surface area contributed by atoms with Crippen molar-refractivity contribution in [2.45, 2.75) is 24.8 Å². The van der Waals surface area contributed by atoms with E-state index in [0.717, 1.165) is 32.3 Å². The second kappa shape index (κ2) is 3.27. The number of carbonyl (C=O) groups is 1. The number of nitrogens with zero attached hydrogens (tertiary/aromatic N) is 2. The molecule has 0 spiro atoms. The van der Waals surface area contributed by atoms with E-state index in [4.69, 9.17) is 4.84 Å². The first-order chi connectivity index (χ1) is 6.30. The van der Waals surface area contributed by atoms with E-state index in [2.05, 4.69) is 4.90 Å². The summed E-state index contributed by atoms with van der Waals surface area (Å²) in [6.07, 6.45) is 4.12. The summed E-state index contributed by atoms with van der Waals surface area (Å²) in [6.45, 7) is 3.27. The van der Waals surface area contributed by atoms with Crippen LogP contribution in [0.5, 0.6) is 0 Å². The fraction of sp³-hybridized carbons (Fsp3) is 0.889. The smallest absolute Gasteiger partial charge is 0.233 e. The van der Waals surface area contributed by atoms with E-state index in [9.17, 15) is 4.79 Å². The molecule has 2 rings (SSSR count). The Balaban J connectivity index is 2.14. The highest BCUT2D eigenvalue weighted by Gasteiger charge is 2.45. The highest BCUT2D eigenvalue weighted by atomic mass is 16.7. The first-order valence-electron chi connectivity index (χ1n) is 4.82. The highest BCUT2D eigenvalue weighted by Crippen LogP contribution is 2.35.